The molecule has 0 unspecified atom stereocenters. The molecular weight excluding hydrogens is 193 g/mol. The topological polar surface area (TPSA) is 39.7 Å². The van der Waals surface area contributed by atoms with E-state index < -0.39 is 6.00 Å². The third kappa shape index (κ3) is 2.20. The maximum Gasteiger partial charge on any atom is 0.115 e. The minimum atomic E-state index is -0.423. The zero-order valence-corrected chi connectivity index (χ0v) is 9.95. The van der Waals surface area contributed by atoms with E-state index in [1.54, 1.807) is 14.2 Å². The first-order valence-corrected chi connectivity index (χ1v) is 5.28. The van der Waals surface area contributed by atoms with Crippen LogP contribution in [0.3, 0.4) is 0 Å². The van der Waals surface area contributed by atoms with Crippen molar-refractivity contribution in [3.05, 3.63) is 0 Å². The van der Waals surface area contributed by atoms with Crippen molar-refractivity contribution in [2.45, 2.75) is 37.2 Å². The van der Waals surface area contributed by atoms with Crippen molar-refractivity contribution in [3.63, 3.8) is 0 Å². The van der Waals surface area contributed by atoms with Gasteiger partial charge in [0, 0.05) is 26.8 Å². The van der Waals surface area contributed by atoms with Crippen LogP contribution in [0.4, 0.5) is 0 Å². The Morgan fingerprint density at radius 3 is 2.47 bits per heavy atom. The highest BCUT2D eigenvalue weighted by Gasteiger charge is 2.52. The molecule has 0 aliphatic carbocycles. The Labute approximate surface area is 93.1 Å². The third-order valence-electron chi connectivity index (χ3n) is 3.11. The van der Waals surface area contributed by atoms with Gasteiger partial charge in [-0.15, -0.1) is 0 Å². The second-order valence-electron chi connectivity index (χ2n) is 3.89. The number of methoxy groups -OCH3 is 2. The van der Waals surface area contributed by atoms with E-state index in [0.29, 0.717) is 6.54 Å². The van der Waals surface area contributed by atoms with E-state index in [2.05, 4.69) is 12.2 Å². The summed E-state index contributed by atoms with van der Waals surface area (Å²) in [7, 11) is 11.1. The number of hydrogen-bond donors (Lipinski definition) is 1. The monoisotopic (exact) mass is 213 g/mol. The molecule has 5 heteroatoms. The summed E-state index contributed by atoms with van der Waals surface area (Å²) in [6, 6.07) is -0.423. The van der Waals surface area contributed by atoms with Gasteiger partial charge in [-0.3, -0.25) is 0 Å². The maximum absolute atomic E-state index is 5.88. The van der Waals surface area contributed by atoms with Crippen molar-refractivity contribution in [1.29, 1.82) is 0 Å². The van der Waals surface area contributed by atoms with Crippen LogP contribution in [0.25, 0.3) is 0 Å². The van der Waals surface area contributed by atoms with Crippen LogP contribution in [0.1, 0.15) is 13.3 Å². The van der Waals surface area contributed by atoms with Crippen LogP contribution in [-0.4, -0.2) is 59.5 Å². The van der Waals surface area contributed by atoms with Gasteiger partial charge in [-0.1, -0.05) is 6.92 Å². The van der Waals surface area contributed by atoms with Crippen LogP contribution in [-0.2, 0) is 14.2 Å². The summed E-state index contributed by atoms with van der Waals surface area (Å²) < 4.78 is 16.6. The fraction of sp³-hybridized carbons (Fsp3) is 1.00. The van der Waals surface area contributed by atoms with Gasteiger partial charge >= 0.3 is 0 Å². The Balaban J connectivity index is 2.87. The molecule has 1 saturated heterocycles. The molecule has 0 bridgehead atoms. The maximum atomic E-state index is 5.88. The highest BCUT2D eigenvalue weighted by molar-refractivity contribution is 6.11. The Hall–Kier alpha value is -0.0951. The lowest BCUT2D eigenvalue weighted by Gasteiger charge is -2.33. The highest BCUT2D eigenvalue weighted by Crippen LogP contribution is 2.35. The molecule has 0 saturated carbocycles. The molecule has 1 rings (SSSR count). The van der Waals surface area contributed by atoms with E-state index >= 15 is 0 Å². The Kier molecular flexibility index (Phi) is 4.58. The highest BCUT2D eigenvalue weighted by atomic mass is 16.6. The summed E-state index contributed by atoms with van der Waals surface area (Å²) in [5.74, 6) is 0. The molecule has 4 nitrogen and oxygen atoms in total. The zero-order chi connectivity index (χ0) is 11.5. The molecule has 0 amide bonds. The Morgan fingerprint density at radius 1 is 1.40 bits per heavy atom. The number of ether oxygens (including phenoxy) is 3. The second-order valence-corrected chi connectivity index (χ2v) is 3.89. The Morgan fingerprint density at radius 2 is 2.07 bits per heavy atom. The molecular formula is C10H20BNO3. The van der Waals surface area contributed by atoms with Crippen LogP contribution in [0, 0.1) is 0 Å². The minimum Gasteiger partial charge on any atom is -0.377 e. The predicted octanol–water partition coefficient (Wildman–Crippen LogP) is -0.0906. The van der Waals surface area contributed by atoms with Crippen molar-refractivity contribution in [2.75, 3.05) is 27.8 Å². The SMILES string of the molecule is [B][C@H]1O[C@@](CC)(CNC)[C@H](OC)[C@@H]1OC. The van der Waals surface area contributed by atoms with Gasteiger partial charge in [-0.2, -0.15) is 0 Å². The standard InChI is InChI=1S/C10H20BNO3/c1-5-10(6-12-2)8(14-4)7(13-3)9(11)15-10/h7-9,12H,5-6H2,1-4H3/t7-,8+,9-,10-/m0/s1. The summed E-state index contributed by atoms with van der Waals surface area (Å²) in [5, 5.41) is 3.11. The van der Waals surface area contributed by atoms with Gasteiger partial charge < -0.3 is 19.5 Å². The summed E-state index contributed by atoms with van der Waals surface area (Å²) in [6.45, 7) is 2.77. The third-order valence-corrected chi connectivity index (χ3v) is 3.11. The smallest absolute Gasteiger partial charge is 0.115 e. The van der Waals surface area contributed by atoms with Crippen LogP contribution < -0.4 is 5.32 Å². The second kappa shape index (κ2) is 5.30. The van der Waals surface area contributed by atoms with E-state index in [9.17, 15) is 0 Å². The minimum absolute atomic E-state index is 0.130. The van der Waals surface area contributed by atoms with Gasteiger partial charge in [0.1, 0.15) is 25.7 Å². The quantitative estimate of drug-likeness (QED) is 0.648. The lowest BCUT2D eigenvalue weighted by Crippen LogP contribution is -2.50. The lowest BCUT2D eigenvalue weighted by molar-refractivity contribution is -0.0872. The fourth-order valence-electron chi connectivity index (χ4n) is 2.33. The average Bonchev–Trinajstić information content (AvgIpc) is 2.51. The molecule has 0 spiro atoms. The van der Waals surface area contributed by atoms with E-state index in [4.69, 9.17) is 22.1 Å². The van der Waals surface area contributed by atoms with Gasteiger partial charge in [0.15, 0.2) is 0 Å². The van der Waals surface area contributed by atoms with Crippen LogP contribution >= 0.6 is 0 Å². The van der Waals surface area contributed by atoms with Gasteiger partial charge in [0.2, 0.25) is 0 Å². The molecule has 2 radical (unpaired) electrons. The first-order valence-electron chi connectivity index (χ1n) is 5.28. The van der Waals surface area contributed by atoms with Crippen molar-refractivity contribution in [1.82, 2.24) is 5.32 Å². The number of rotatable bonds is 5. The first-order chi connectivity index (χ1) is 7.15. The van der Waals surface area contributed by atoms with E-state index in [-0.39, 0.29) is 17.8 Å². The molecule has 1 heterocycles. The summed E-state index contributed by atoms with van der Waals surface area (Å²) in [4.78, 5) is 0. The number of nitrogens with one attached hydrogen (secondary N) is 1. The molecule has 4 atom stereocenters. The normalized spacial score (nSPS) is 40.9. The lowest BCUT2D eigenvalue weighted by atomic mass is 9.87. The van der Waals surface area contributed by atoms with Crippen molar-refractivity contribution >= 4 is 7.85 Å². The Bertz CT molecular complexity index is 205. The fourth-order valence-corrected chi connectivity index (χ4v) is 2.33. The number of likely N-dealkylation sites (N-methyl/N-ethyl adjacent to an activating group) is 1. The predicted molar refractivity (Wildman–Crippen MR) is 59.2 cm³/mol. The molecule has 1 N–H and O–H groups in total. The molecule has 15 heavy (non-hydrogen) atoms. The summed E-state index contributed by atoms with van der Waals surface area (Å²) in [6.07, 6.45) is 0.498. The van der Waals surface area contributed by atoms with E-state index in [0.717, 1.165) is 6.42 Å². The first kappa shape index (κ1) is 13.0. The van der Waals surface area contributed by atoms with Crippen molar-refractivity contribution in [2.24, 2.45) is 0 Å². The van der Waals surface area contributed by atoms with Crippen LogP contribution in [0.5, 0.6) is 0 Å². The van der Waals surface area contributed by atoms with Crippen molar-refractivity contribution < 1.29 is 14.2 Å². The molecule has 0 aromatic rings. The average molecular weight is 213 g/mol. The molecule has 1 aliphatic rings. The van der Waals surface area contributed by atoms with E-state index in [1.165, 1.54) is 0 Å². The van der Waals surface area contributed by atoms with Crippen LogP contribution in [0.2, 0.25) is 0 Å². The largest absolute Gasteiger partial charge is 0.377 e. The van der Waals surface area contributed by atoms with Gasteiger partial charge in [0.25, 0.3) is 0 Å². The van der Waals surface area contributed by atoms with Crippen LogP contribution in [0.15, 0.2) is 0 Å². The number of hydrogen-bond acceptors (Lipinski definition) is 4. The zero-order valence-electron chi connectivity index (χ0n) is 9.95. The van der Waals surface area contributed by atoms with Gasteiger partial charge in [0.05, 0.1) is 0 Å². The molecule has 0 aromatic carbocycles. The summed E-state index contributed by atoms with van der Waals surface area (Å²) in [5.41, 5.74) is -0.385. The summed E-state index contributed by atoms with van der Waals surface area (Å²) >= 11 is 0. The van der Waals surface area contributed by atoms with Gasteiger partial charge in [-0.25, -0.2) is 0 Å². The molecule has 0 aromatic heterocycles. The molecule has 1 aliphatic heterocycles. The van der Waals surface area contributed by atoms with E-state index in [1.807, 2.05) is 7.05 Å². The van der Waals surface area contributed by atoms with Gasteiger partial charge in [-0.05, 0) is 13.5 Å². The van der Waals surface area contributed by atoms with Crippen molar-refractivity contribution in [3.8, 4) is 0 Å². The molecule has 1 fully saturated rings. The molecule has 86 valence electrons.